The van der Waals surface area contributed by atoms with E-state index in [0.717, 1.165) is 0 Å². The molecule has 2 heterocycles. The van der Waals surface area contributed by atoms with Gasteiger partial charge in [0, 0.05) is 23.4 Å². The van der Waals surface area contributed by atoms with Crippen molar-refractivity contribution in [2.24, 2.45) is 0 Å². The lowest BCUT2D eigenvalue weighted by Crippen LogP contribution is -2.25. The van der Waals surface area contributed by atoms with Crippen LogP contribution in [0.25, 0.3) is 11.1 Å². The number of aromatic nitrogens is 3. The Morgan fingerprint density at radius 3 is 2.21 bits per heavy atom. The standard InChI is InChI=1S/C19H17Cl2N3O4/c1-19(2,3)11-7-15(23-24-17(11)26)28-16-12(20)4-9(5-13(16)21)10-6-14(25)18(27)22-8-10/h4-8,25H,1-3H3,(H,22,27)(H,24,26). The maximum Gasteiger partial charge on any atom is 0.290 e. The topological polar surface area (TPSA) is 108 Å². The zero-order valence-corrected chi connectivity index (χ0v) is 16.8. The van der Waals surface area contributed by atoms with Gasteiger partial charge in [-0.05, 0) is 29.2 Å². The van der Waals surface area contributed by atoms with Crippen molar-refractivity contribution in [1.82, 2.24) is 15.2 Å². The van der Waals surface area contributed by atoms with E-state index in [1.54, 1.807) is 18.2 Å². The Morgan fingerprint density at radius 2 is 1.64 bits per heavy atom. The summed E-state index contributed by atoms with van der Waals surface area (Å²) in [5.74, 6) is -0.111. The van der Waals surface area contributed by atoms with E-state index >= 15 is 0 Å². The van der Waals surface area contributed by atoms with Crippen LogP contribution in [0.1, 0.15) is 26.3 Å². The minimum absolute atomic E-state index is 0.141. The summed E-state index contributed by atoms with van der Waals surface area (Å²) in [6.45, 7) is 5.70. The average Bonchev–Trinajstić information content (AvgIpc) is 2.60. The first-order valence-electron chi connectivity index (χ1n) is 8.25. The fraction of sp³-hybridized carbons (Fsp3) is 0.211. The molecule has 0 saturated heterocycles. The summed E-state index contributed by atoms with van der Waals surface area (Å²) in [6, 6.07) is 6.00. The molecule has 0 unspecified atom stereocenters. The van der Waals surface area contributed by atoms with Crippen molar-refractivity contribution < 1.29 is 9.84 Å². The van der Waals surface area contributed by atoms with Crippen molar-refractivity contribution in [1.29, 1.82) is 0 Å². The summed E-state index contributed by atoms with van der Waals surface area (Å²) in [6.07, 6.45) is 1.43. The highest BCUT2D eigenvalue weighted by Crippen LogP contribution is 2.39. The first-order chi connectivity index (χ1) is 13.1. The molecule has 0 saturated carbocycles. The number of ether oxygens (including phenoxy) is 1. The van der Waals surface area contributed by atoms with Gasteiger partial charge < -0.3 is 14.8 Å². The second kappa shape index (κ2) is 7.33. The first kappa shape index (κ1) is 20.0. The highest BCUT2D eigenvalue weighted by molar-refractivity contribution is 6.37. The largest absolute Gasteiger partial charge is 0.503 e. The SMILES string of the molecule is CC(C)(C)c1cc(Oc2c(Cl)cc(-c3c[nH]c(=O)c(O)c3)cc2Cl)n[nH]c1=O. The summed E-state index contributed by atoms with van der Waals surface area (Å²) >= 11 is 12.6. The minimum atomic E-state index is -0.598. The van der Waals surface area contributed by atoms with E-state index in [9.17, 15) is 14.7 Å². The van der Waals surface area contributed by atoms with Crippen LogP contribution in [0.3, 0.4) is 0 Å². The van der Waals surface area contributed by atoms with Gasteiger partial charge in [0.25, 0.3) is 11.1 Å². The van der Waals surface area contributed by atoms with E-state index in [1.165, 1.54) is 12.3 Å². The smallest absolute Gasteiger partial charge is 0.290 e. The van der Waals surface area contributed by atoms with E-state index in [2.05, 4.69) is 15.2 Å². The maximum atomic E-state index is 12.0. The summed E-state index contributed by atoms with van der Waals surface area (Å²) in [5, 5.41) is 16.3. The van der Waals surface area contributed by atoms with E-state index in [1.807, 2.05) is 20.8 Å². The number of pyridine rings is 1. The van der Waals surface area contributed by atoms with Crippen molar-refractivity contribution in [3.63, 3.8) is 0 Å². The quantitative estimate of drug-likeness (QED) is 0.586. The molecule has 9 heteroatoms. The molecule has 0 bridgehead atoms. The molecule has 0 spiro atoms. The van der Waals surface area contributed by atoms with Crippen molar-refractivity contribution in [2.75, 3.05) is 0 Å². The molecule has 7 nitrogen and oxygen atoms in total. The third kappa shape index (κ3) is 4.05. The number of nitrogens with zero attached hydrogens (tertiary/aromatic N) is 1. The van der Waals surface area contributed by atoms with Crippen LogP contribution < -0.4 is 15.9 Å². The molecule has 0 aliphatic heterocycles. The van der Waals surface area contributed by atoms with E-state index in [0.29, 0.717) is 16.7 Å². The van der Waals surface area contributed by atoms with Crippen LogP contribution in [0, 0.1) is 0 Å². The van der Waals surface area contributed by atoms with Crippen molar-refractivity contribution in [3.8, 4) is 28.5 Å². The molecule has 2 aromatic heterocycles. The summed E-state index contributed by atoms with van der Waals surface area (Å²) in [4.78, 5) is 25.7. The van der Waals surface area contributed by atoms with Gasteiger partial charge in [-0.2, -0.15) is 0 Å². The van der Waals surface area contributed by atoms with Gasteiger partial charge >= 0.3 is 0 Å². The van der Waals surface area contributed by atoms with Crippen LogP contribution in [-0.4, -0.2) is 20.3 Å². The van der Waals surface area contributed by atoms with Crippen LogP contribution in [0.4, 0.5) is 0 Å². The number of nitrogens with one attached hydrogen (secondary N) is 2. The summed E-state index contributed by atoms with van der Waals surface area (Å²) < 4.78 is 5.71. The molecule has 1 aromatic carbocycles. The third-order valence-electron chi connectivity index (χ3n) is 4.01. The lowest BCUT2D eigenvalue weighted by Gasteiger charge is -2.18. The minimum Gasteiger partial charge on any atom is -0.503 e. The number of hydrogen-bond acceptors (Lipinski definition) is 5. The van der Waals surface area contributed by atoms with Gasteiger partial charge in [-0.1, -0.05) is 44.0 Å². The van der Waals surface area contributed by atoms with Gasteiger partial charge in [-0.15, -0.1) is 5.10 Å². The van der Waals surface area contributed by atoms with Crippen LogP contribution >= 0.6 is 23.2 Å². The van der Waals surface area contributed by atoms with Gasteiger partial charge in [-0.25, -0.2) is 5.10 Å². The predicted molar refractivity (Wildman–Crippen MR) is 108 cm³/mol. The van der Waals surface area contributed by atoms with Crippen LogP contribution in [0.2, 0.25) is 10.0 Å². The van der Waals surface area contributed by atoms with E-state index in [4.69, 9.17) is 27.9 Å². The lowest BCUT2D eigenvalue weighted by atomic mass is 9.88. The molecule has 0 aliphatic rings. The monoisotopic (exact) mass is 421 g/mol. The summed E-state index contributed by atoms with van der Waals surface area (Å²) in [7, 11) is 0. The molecule has 0 radical (unpaired) electrons. The number of hydrogen-bond donors (Lipinski definition) is 3. The highest BCUT2D eigenvalue weighted by atomic mass is 35.5. The molecular weight excluding hydrogens is 405 g/mol. The molecule has 0 amide bonds. The molecule has 146 valence electrons. The van der Waals surface area contributed by atoms with E-state index in [-0.39, 0.29) is 27.2 Å². The maximum absolute atomic E-state index is 12.0. The third-order valence-corrected chi connectivity index (χ3v) is 4.57. The molecule has 0 atom stereocenters. The first-order valence-corrected chi connectivity index (χ1v) is 9.01. The highest BCUT2D eigenvalue weighted by Gasteiger charge is 2.20. The fourth-order valence-corrected chi connectivity index (χ4v) is 3.13. The Hall–Kier alpha value is -2.77. The molecule has 3 N–H and O–H groups in total. The van der Waals surface area contributed by atoms with Crippen molar-refractivity contribution in [2.45, 2.75) is 26.2 Å². The Balaban J connectivity index is 1.99. The van der Waals surface area contributed by atoms with Crippen molar-refractivity contribution in [3.05, 3.63) is 66.8 Å². The Bertz CT molecular complexity index is 1140. The zero-order valence-electron chi connectivity index (χ0n) is 15.3. The Morgan fingerprint density at radius 1 is 1.00 bits per heavy atom. The molecule has 0 aliphatic carbocycles. The van der Waals surface area contributed by atoms with Crippen molar-refractivity contribution >= 4 is 23.2 Å². The second-order valence-corrected chi connectivity index (χ2v) is 7.99. The van der Waals surface area contributed by atoms with Gasteiger partial charge in [-0.3, -0.25) is 9.59 Å². The Labute approximate surface area is 169 Å². The number of rotatable bonds is 3. The molecular formula is C19H17Cl2N3O4. The average molecular weight is 422 g/mol. The summed E-state index contributed by atoms with van der Waals surface area (Å²) in [5.41, 5.74) is 0.288. The van der Waals surface area contributed by atoms with Gasteiger partial charge in [0.2, 0.25) is 5.88 Å². The van der Waals surface area contributed by atoms with Gasteiger partial charge in [0.15, 0.2) is 11.5 Å². The number of H-pyrrole nitrogens is 2. The normalized spacial score (nSPS) is 11.5. The van der Waals surface area contributed by atoms with Crippen LogP contribution in [0.15, 0.2) is 40.1 Å². The molecule has 3 aromatic rings. The number of benzene rings is 1. The number of aromatic hydroxyl groups is 1. The zero-order chi connectivity index (χ0) is 20.6. The van der Waals surface area contributed by atoms with E-state index < -0.39 is 16.7 Å². The van der Waals surface area contributed by atoms with Gasteiger partial charge in [0.05, 0.1) is 10.0 Å². The molecule has 28 heavy (non-hydrogen) atoms. The van der Waals surface area contributed by atoms with Gasteiger partial charge in [0.1, 0.15) is 0 Å². The Kier molecular flexibility index (Phi) is 5.23. The predicted octanol–water partition coefficient (Wildman–Crippen LogP) is 4.23. The van der Waals surface area contributed by atoms with Crippen LogP contribution in [-0.2, 0) is 5.41 Å². The molecule has 3 rings (SSSR count). The van der Waals surface area contributed by atoms with Crippen LogP contribution in [0.5, 0.6) is 17.4 Å². The number of halogens is 2. The number of aromatic amines is 2. The molecule has 0 fully saturated rings. The fourth-order valence-electron chi connectivity index (χ4n) is 2.56. The lowest BCUT2D eigenvalue weighted by molar-refractivity contribution is 0.448. The second-order valence-electron chi connectivity index (χ2n) is 7.17.